The van der Waals surface area contributed by atoms with Crippen LogP contribution in [0.15, 0.2) is 23.0 Å². The highest BCUT2D eigenvalue weighted by Crippen LogP contribution is 2.28. The number of halogens is 1. The number of fused-ring (bicyclic) bond motifs is 1. The van der Waals surface area contributed by atoms with Crippen molar-refractivity contribution in [2.24, 2.45) is 0 Å². The molecule has 1 heterocycles. The zero-order valence-electron chi connectivity index (χ0n) is 17.4. The van der Waals surface area contributed by atoms with Gasteiger partial charge in [-0.05, 0) is 49.3 Å². The molecule has 0 aliphatic carbocycles. The molecular formula is C23H31FO3S2. The number of hydrogen-bond acceptors (Lipinski definition) is 5. The summed E-state index contributed by atoms with van der Waals surface area (Å²) in [5.41, 5.74) is 0.545. The number of benzene rings is 1. The van der Waals surface area contributed by atoms with E-state index in [4.69, 9.17) is 4.74 Å². The minimum atomic E-state index is -0.592. The smallest absolute Gasteiger partial charge is 0.268 e. The molecule has 0 unspecified atom stereocenters. The van der Waals surface area contributed by atoms with Crippen molar-refractivity contribution in [3.8, 4) is 5.75 Å². The summed E-state index contributed by atoms with van der Waals surface area (Å²) in [7, 11) is 0. The van der Waals surface area contributed by atoms with Crippen LogP contribution in [-0.2, 0) is 11.2 Å². The van der Waals surface area contributed by atoms with E-state index in [1.807, 2.05) is 25.1 Å². The molecule has 0 bridgehead atoms. The highest BCUT2D eigenvalue weighted by atomic mass is 32.2. The topological polar surface area (TPSA) is 43.4 Å². The molecule has 1 aromatic carbocycles. The minimum absolute atomic E-state index is 0.264. The van der Waals surface area contributed by atoms with Crippen LogP contribution in [-0.4, -0.2) is 17.5 Å². The first-order valence-corrected chi connectivity index (χ1v) is 12.4. The van der Waals surface area contributed by atoms with Crippen LogP contribution < -0.4 is 9.48 Å². The average molecular weight is 439 g/mol. The SMILES string of the molecule is CCCCCc1c(F)c(=O)sc2cc(OCCCCCCSC(=O)CC)ccc12. The molecule has 0 aliphatic rings. The van der Waals surface area contributed by atoms with Gasteiger partial charge in [0.1, 0.15) is 5.75 Å². The maximum Gasteiger partial charge on any atom is 0.268 e. The zero-order chi connectivity index (χ0) is 21.1. The van der Waals surface area contributed by atoms with Crippen molar-refractivity contribution in [3.05, 3.63) is 39.1 Å². The number of carbonyl (C=O) groups is 1. The van der Waals surface area contributed by atoms with Gasteiger partial charge in [0.2, 0.25) is 0 Å². The largest absolute Gasteiger partial charge is 0.494 e. The Labute approximate surface area is 181 Å². The number of aryl methyl sites for hydroxylation is 1. The summed E-state index contributed by atoms with van der Waals surface area (Å²) in [5.74, 6) is 1.03. The molecule has 0 N–H and O–H groups in total. The van der Waals surface area contributed by atoms with Gasteiger partial charge >= 0.3 is 0 Å². The normalized spacial score (nSPS) is 11.1. The van der Waals surface area contributed by atoms with Crippen molar-refractivity contribution < 1.29 is 13.9 Å². The zero-order valence-corrected chi connectivity index (χ0v) is 19.1. The van der Waals surface area contributed by atoms with Crippen LogP contribution in [0.2, 0.25) is 0 Å². The van der Waals surface area contributed by atoms with E-state index in [-0.39, 0.29) is 5.12 Å². The number of rotatable bonds is 13. The molecule has 0 radical (unpaired) electrons. The van der Waals surface area contributed by atoms with Crippen molar-refractivity contribution in [3.63, 3.8) is 0 Å². The average Bonchev–Trinajstić information content (AvgIpc) is 2.72. The Morgan fingerprint density at radius 3 is 2.66 bits per heavy atom. The molecule has 3 nitrogen and oxygen atoms in total. The van der Waals surface area contributed by atoms with E-state index < -0.39 is 10.6 Å². The molecule has 1 aromatic heterocycles. The summed E-state index contributed by atoms with van der Waals surface area (Å²) < 4.78 is 20.5. The molecule has 0 spiro atoms. The van der Waals surface area contributed by atoms with Crippen LogP contribution >= 0.6 is 23.1 Å². The van der Waals surface area contributed by atoms with Gasteiger partial charge in [-0.2, -0.15) is 0 Å². The van der Waals surface area contributed by atoms with Crippen molar-refractivity contribution in [2.75, 3.05) is 12.4 Å². The maximum atomic E-state index is 14.3. The van der Waals surface area contributed by atoms with Gasteiger partial charge in [0.25, 0.3) is 4.74 Å². The molecule has 6 heteroatoms. The first kappa shape index (κ1) is 23.9. The Balaban J connectivity index is 1.85. The van der Waals surface area contributed by atoms with E-state index in [0.29, 0.717) is 25.0 Å². The van der Waals surface area contributed by atoms with Crippen LogP contribution in [0.25, 0.3) is 10.1 Å². The van der Waals surface area contributed by atoms with Crippen LogP contribution in [0.3, 0.4) is 0 Å². The third-order valence-corrected chi connectivity index (χ3v) is 6.84. The number of hydrogen-bond donors (Lipinski definition) is 0. The monoisotopic (exact) mass is 438 g/mol. The molecule has 0 saturated carbocycles. The Morgan fingerprint density at radius 1 is 1.10 bits per heavy atom. The van der Waals surface area contributed by atoms with Gasteiger partial charge in [0.05, 0.1) is 6.61 Å². The lowest BCUT2D eigenvalue weighted by molar-refractivity contribution is -0.110. The number of carbonyl (C=O) groups excluding carboxylic acids is 1. The molecule has 0 fully saturated rings. The van der Waals surface area contributed by atoms with Gasteiger partial charge in [-0.15, -0.1) is 0 Å². The molecule has 29 heavy (non-hydrogen) atoms. The molecule has 0 amide bonds. The fourth-order valence-electron chi connectivity index (χ4n) is 3.14. The number of unbranched alkanes of at least 4 members (excludes halogenated alkanes) is 5. The second kappa shape index (κ2) is 13.0. The standard InChI is InChI=1S/C23H31FO3S2/c1-3-5-8-11-19-18-13-12-17(16-20(18)29-23(26)22(19)24)27-14-9-6-7-10-15-28-21(25)4-2/h12-13,16H,3-11,14-15H2,1-2H3. The van der Waals surface area contributed by atoms with Gasteiger partial charge in [0, 0.05) is 22.4 Å². The van der Waals surface area contributed by atoms with Gasteiger partial charge in [-0.3, -0.25) is 9.59 Å². The molecule has 2 aromatic rings. The third-order valence-electron chi connectivity index (χ3n) is 4.81. The van der Waals surface area contributed by atoms with Crippen molar-refractivity contribution in [1.29, 1.82) is 0 Å². The van der Waals surface area contributed by atoms with E-state index in [9.17, 15) is 14.0 Å². The van der Waals surface area contributed by atoms with Gasteiger partial charge in [0.15, 0.2) is 10.9 Å². The highest BCUT2D eigenvalue weighted by Gasteiger charge is 2.13. The highest BCUT2D eigenvalue weighted by molar-refractivity contribution is 8.13. The lowest BCUT2D eigenvalue weighted by atomic mass is 10.0. The minimum Gasteiger partial charge on any atom is -0.494 e. The third kappa shape index (κ3) is 7.74. The second-order valence-corrected chi connectivity index (χ2v) is 9.30. The summed E-state index contributed by atoms with van der Waals surface area (Å²) in [5, 5.41) is 1.09. The lowest BCUT2D eigenvalue weighted by Gasteiger charge is -2.10. The Morgan fingerprint density at radius 2 is 1.90 bits per heavy atom. The maximum absolute atomic E-state index is 14.3. The van der Waals surface area contributed by atoms with Crippen molar-refractivity contribution in [2.45, 2.75) is 71.6 Å². The quantitative estimate of drug-likeness (QED) is 0.325. The first-order valence-electron chi connectivity index (χ1n) is 10.6. The fraction of sp³-hybridized carbons (Fsp3) is 0.565. The summed E-state index contributed by atoms with van der Waals surface area (Å²) >= 11 is 2.38. The van der Waals surface area contributed by atoms with Gasteiger partial charge in [-0.1, -0.05) is 62.6 Å². The predicted octanol–water partition coefficient (Wildman–Crippen LogP) is 6.74. The Bertz CT molecular complexity index is 848. The Hall–Kier alpha value is -1.40. The van der Waals surface area contributed by atoms with E-state index in [2.05, 4.69) is 6.92 Å². The molecule has 0 saturated heterocycles. The summed E-state index contributed by atoms with van der Waals surface area (Å²) in [6.45, 7) is 4.62. The van der Waals surface area contributed by atoms with Crippen LogP contribution in [0.1, 0.15) is 70.8 Å². The molecular weight excluding hydrogens is 407 g/mol. The molecule has 0 aliphatic heterocycles. The fourth-order valence-corrected chi connectivity index (χ4v) is 4.81. The summed E-state index contributed by atoms with van der Waals surface area (Å²) in [6.07, 6.45) is 8.34. The van der Waals surface area contributed by atoms with E-state index in [1.54, 1.807) is 0 Å². The summed E-state index contributed by atoms with van der Waals surface area (Å²) in [4.78, 5) is 23.3. The molecule has 0 atom stereocenters. The van der Waals surface area contributed by atoms with Crippen molar-refractivity contribution >= 4 is 38.3 Å². The van der Waals surface area contributed by atoms with E-state index in [1.165, 1.54) is 11.8 Å². The van der Waals surface area contributed by atoms with Crippen molar-refractivity contribution in [1.82, 2.24) is 0 Å². The van der Waals surface area contributed by atoms with Crippen LogP contribution in [0.5, 0.6) is 5.75 Å². The molecule has 160 valence electrons. The lowest BCUT2D eigenvalue weighted by Crippen LogP contribution is -2.07. The molecule has 2 rings (SSSR count). The predicted molar refractivity (Wildman–Crippen MR) is 123 cm³/mol. The van der Waals surface area contributed by atoms with Gasteiger partial charge in [-0.25, -0.2) is 4.39 Å². The van der Waals surface area contributed by atoms with Crippen LogP contribution in [0.4, 0.5) is 4.39 Å². The summed E-state index contributed by atoms with van der Waals surface area (Å²) in [6, 6.07) is 5.61. The second-order valence-electron chi connectivity index (χ2n) is 7.13. The van der Waals surface area contributed by atoms with E-state index >= 15 is 0 Å². The van der Waals surface area contributed by atoms with Gasteiger partial charge < -0.3 is 4.74 Å². The Kier molecular flexibility index (Phi) is 10.7. The van der Waals surface area contributed by atoms with Crippen LogP contribution in [0, 0.1) is 5.82 Å². The first-order chi connectivity index (χ1) is 14.1. The number of thioether (sulfide) groups is 1. The number of ether oxygens (including phenoxy) is 1. The van der Waals surface area contributed by atoms with E-state index in [0.717, 1.165) is 77.9 Å².